The van der Waals surface area contributed by atoms with Gasteiger partial charge >= 0.3 is 48.9 Å². The number of benzene rings is 1. The van der Waals surface area contributed by atoms with Crippen LogP contribution in [0.3, 0.4) is 0 Å². The molecule has 0 aromatic heterocycles. The summed E-state index contributed by atoms with van der Waals surface area (Å²) in [6.45, 7) is -1.87. The average Bonchev–Trinajstić information content (AvgIpc) is 2.69. The Morgan fingerprint density at radius 3 is 1.58 bits per heavy atom. The summed E-state index contributed by atoms with van der Waals surface area (Å²) in [5.41, 5.74) is 0. The molecule has 1 aromatic rings. The van der Waals surface area contributed by atoms with Crippen molar-refractivity contribution < 1.29 is 62.5 Å². The van der Waals surface area contributed by atoms with Gasteiger partial charge in [-0.15, -0.1) is 40.5 Å². The number of nitrogens with zero attached hydrogens (tertiary/aromatic N) is 4. The minimum atomic E-state index is -5.07. The van der Waals surface area contributed by atoms with Gasteiger partial charge in [-0.05, 0) is 12.1 Å². The number of rotatable bonds is 15. The SMILES string of the molecule is O=[N+]([O-])OCC(CP(=O)([O-])[O-])O[N+](=O)[O-].O=[N+]([O-])OCC(CS(=O)(=O)c1ccccc1)O[N+](=O)[O-].[Ba+2]. The van der Waals surface area contributed by atoms with Crippen molar-refractivity contribution in [1.82, 2.24) is 0 Å². The monoisotopic (exact) mass is 688 g/mol. The molecule has 2 unspecified atom stereocenters. The zero-order valence-electron chi connectivity index (χ0n) is 17.7. The van der Waals surface area contributed by atoms with Crippen LogP contribution in [0.15, 0.2) is 35.2 Å². The predicted octanol–water partition coefficient (Wildman–Crippen LogP) is -2.45. The third kappa shape index (κ3) is 18.9. The van der Waals surface area contributed by atoms with Crippen molar-refractivity contribution in [3.63, 3.8) is 0 Å². The van der Waals surface area contributed by atoms with Crippen molar-refractivity contribution in [2.75, 3.05) is 25.1 Å². The van der Waals surface area contributed by atoms with Crippen LogP contribution in [0, 0.1) is 40.5 Å². The first-order chi connectivity index (χ1) is 16.0. The van der Waals surface area contributed by atoms with Crippen molar-refractivity contribution >= 4 is 66.3 Å². The molecule has 1 aromatic carbocycles. The second-order valence-corrected chi connectivity index (χ2v) is 9.45. The Labute approximate surface area is 240 Å². The fourth-order valence-electron chi connectivity index (χ4n) is 1.98. The smallest absolute Gasteiger partial charge is 0.811 e. The molecule has 0 N–H and O–H groups in total. The first kappa shape index (κ1) is 35.9. The molecule has 0 aliphatic carbocycles. The summed E-state index contributed by atoms with van der Waals surface area (Å²) in [6.07, 6.45) is -4.67. The van der Waals surface area contributed by atoms with Crippen molar-refractivity contribution in [3.05, 3.63) is 70.8 Å². The van der Waals surface area contributed by atoms with Crippen LogP contribution in [0.2, 0.25) is 0 Å². The molecule has 0 saturated carbocycles. The van der Waals surface area contributed by atoms with E-state index in [2.05, 4.69) is 19.4 Å². The van der Waals surface area contributed by atoms with E-state index in [-0.39, 0.29) is 53.8 Å². The van der Waals surface area contributed by atoms with Gasteiger partial charge in [-0.3, -0.25) is 0 Å². The quantitative estimate of drug-likeness (QED) is 0.0799. The second kappa shape index (κ2) is 17.2. The van der Waals surface area contributed by atoms with E-state index < -0.39 is 75.1 Å². The molecule has 36 heavy (non-hydrogen) atoms. The van der Waals surface area contributed by atoms with Crippen molar-refractivity contribution in [2.24, 2.45) is 0 Å². The van der Waals surface area contributed by atoms with Gasteiger partial charge in [-0.25, -0.2) is 8.42 Å². The van der Waals surface area contributed by atoms with E-state index in [1.165, 1.54) is 24.3 Å². The molecule has 0 saturated heterocycles. The molecule has 1 rings (SSSR count). The van der Waals surface area contributed by atoms with Gasteiger partial charge in [0.15, 0.2) is 9.84 Å². The summed E-state index contributed by atoms with van der Waals surface area (Å²) in [5.74, 6) is -0.814. The summed E-state index contributed by atoms with van der Waals surface area (Å²) in [6, 6.07) is 7.15. The van der Waals surface area contributed by atoms with Crippen LogP contribution < -0.4 is 9.79 Å². The molecule has 0 fully saturated rings. The molecule has 0 heterocycles. The van der Waals surface area contributed by atoms with Gasteiger partial charge < -0.3 is 33.7 Å². The Balaban J connectivity index is 0. The van der Waals surface area contributed by atoms with Crippen LogP contribution in [-0.4, -0.2) is 115 Å². The summed E-state index contributed by atoms with van der Waals surface area (Å²) >= 11 is 0. The first-order valence-corrected chi connectivity index (χ1v) is 11.9. The van der Waals surface area contributed by atoms with E-state index in [0.29, 0.717) is 0 Å². The molecule has 0 amide bonds. The van der Waals surface area contributed by atoms with Gasteiger partial charge in [0.25, 0.3) is 20.3 Å². The van der Waals surface area contributed by atoms with E-state index >= 15 is 0 Å². The standard InChI is InChI=1S/C9H10N2O8S.C3H7N2O9P.Ba/c12-10(13)18-6-8(19-11(14)15)7-20(16,17)9-4-2-1-3-5-9;6-4(7)13-1-3(14-5(8)9)2-15(10,11)12;/h1-5,8H,6-7H2;3H,1-2H2,(H2,10,11,12);/q;;+2/p-2. The number of hydrogen-bond acceptors (Lipinski definition) is 17. The zero-order valence-corrected chi connectivity index (χ0v) is 23.8. The maximum atomic E-state index is 11.9. The van der Waals surface area contributed by atoms with Gasteiger partial charge in [0.05, 0.1) is 10.6 Å². The van der Waals surface area contributed by atoms with Crippen molar-refractivity contribution in [1.29, 1.82) is 0 Å². The zero-order chi connectivity index (χ0) is 27.2. The van der Waals surface area contributed by atoms with E-state index in [1.807, 2.05) is 0 Å². The third-order valence-electron chi connectivity index (χ3n) is 3.14. The molecule has 0 spiro atoms. The van der Waals surface area contributed by atoms with Gasteiger partial charge in [0, 0.05) is 6.16 Å². The maximum Gasteiger partial charge on any atom is 2.00 e. The maximum absolute atomic E-state index is 11.9. The van der Waals surface area contributed by atoms with Gasteiger partial charge in [-0.1, -0.05) is 25.8 Å². The molecule has 198 valence electrons. The Morgan fingerprint density at radius 2 is 1.19 bits per heavy atom. The van der Waals surface area contributed by atoms with Crippen LogP contribution in [0.1, 0.15) is 0 Å². The van der Waals surface area contributed by atoms with Crippen LogP contribution in [0.5, 0.6) is 0 Å². The van der Waals surface area contributed by atoms with Crippen LogP contribution in [0.25, 0.3) is 0 Å². The minimum absolute atomic E-state index is 0. The molecule has 0 radical (unpaired) electrons. The number of hydrogen-bond donors (Lipinski definition) is 0. The Morgan fingerprint density at radius 1 is 0.778 bits per heavy atom. The van der Waals surface area contributed by atoms with Gasteiger partial charge in [-0.2, -0.15) is 0 Å². The summed E-state index contributed by atoms with van der Waals surface area (Å²) < 4.78 is 34.1. The van der Waals surface area contributed by atoms with Crippen LogP contribution in [0.4, 0.5) is 0 Å². The van der Waals surface area contributed by atoms with Gasteiger partial charge in [0.1, 0.15) is 25.4 Å². The molecular weight excluding hydrogens is 673 g/mol. The summed E-state index contributed by atoms with van der Waals surface area (Å²) in [5, 5.41) is 34.7. The van der Waals surface area contributed by atoms with Crippen LogP contribution >= 0.6 is 7.60 Å². The van der Waals surface area contributed by atoms with Gasteiger partial charge in [0.2, 0.25) is 0 Å². The third-order valence-corrected chi connectivity index (χ3v) is 5.79. The Kier molecular flexibility index (Phi) is 17.1. The van der Waals surface area contributed by atoms with E-state index in [1.54, 1.807) is 6.07 Å². The topological polar surface area (TPSA) is 307 Å². The molecule has 2 atom stereocenters. The fourth-order valence-corrected chi connectivity index (χ4v) is 4.06. The fraction of sp³-hybridized carbons (Fsp3) is 0.500. The minimum Gasteiger partial charge on any atom is -0.811 e. The average molecular weight is 688 g/mol. The van der Waals surface area contributed by atoms with Crippen molar-refractivity contribution in [2.45, 2.75) is 17.1 Å². The molecule has 0 aliphatic heterocycles. The second-order valence-electron chi connectivity index (χ2n) is 5.83. The van der Waals surface area contributed by atoms with E-state index in [0.717, 1.165) is 0 Å². The predicted molar refractivity (Wildman–Crippen MR) is 106 cm³/mol. The van der Waals surface area contributed by atoms with E-state index in [4.69, 9.17) is 0 Å². The Hall–Kier alpha value is -2.31. The Bertz CT molecular complexity index is 1020. The van der Waals surface area contributed by atoms with E-state index in [9.17, 15) is 63.2 Å². The van der Waals surface area contributed by atoms with Crippen LogP contribution in [-0.2, 0) is 33.8 Å². The molecule has 24 heteroatoms. The first-order valence-electron chi connectivity index (χ1n) is 8.47. The molecular formula is C12H15BaN4O17PS. The largest absolute Gasteiger partial charge is 2.00 e. The normalized spacial score (nSPS) is 12.3. The molecule has 21 nitrogen and oxygen atoms in total. The molecule has 0 bridgehead atoms. The number of sulfone groups is 1. The molecule has 0 aliphatic rings. The summed E-state index contributed by atoms with van der Waals surface area (Å²) in [4.78, 5) is 75.4. The van der Waals surface area contributed by atoms with Crippen molar-refractivity contribution in [3.8, 4) is 0 Å². The summed E-state index contributed by atoms with van der Waals surface area (Å²) in [7, 11) is -8.96.